The number of allylic oxidation sites excluding steroid dienone is 2. The maximum absolute atomic E-state index is 12.9. The average Bonchev–Trinajstić information content (AvgIpc) is 3.38. The van der Waals surface area contributed by atoms with Crippen LogP contribution in [-0.2, 0) is 14.4 Å². The Morgan fingerprint density at radius 2 is 1.60 bits per heavy atom. The lowest BCUT2D eigenvalue weighted by Gasteiger charge is -2.37. The van der Waals surface area contributed by atoms with Crippen LogP contribution < -0.4 is 5.32 Å². The Kier molecular flexibility index (Phi) is 2.96. The number of likely N-dealkylation sites (tertiary alicyclic amines) is 1. The molecule has 0 radical (unpaired) electrons. The van der Waals surface area contributed by atoms with Crippen molar-refractivity contribution in [1.82, 2.24) is 4.90 Å². The molecular formula is C19H17FN2O3. The van der Waals surface area contributed by atoms with E-state index in [1.165, 1.54) is 24.3 Å². The number of anilines is 1. The van der Waals surface area contributed by atoms with Crippen molar-refractivity contribution in [2.75, 3.05) is 11.9 Å². The first-order valence-electron chi connectivity index (χ1n) is 8.63. The van der Waals surface area contributed by atoms with Gasteiger partial charge in [-0.05, 0) is 54.4 Å². The SMILES string of the molecule is O=C(CN1C(=O)[C@@H]2[C@H]3C=C[C@@H]([C@@H]4C[C@H]34)[C@H]2C1=O)Nc1ccc(F)cc1. The number of amides is 3. The topological polar surface area (TPSA) is 66.5 Å². The Morgan fingerprint density at radius 3 is 2.16 bits per heavy atom. The first-order valence-corrected chi connectivity index (χ1v) is 8.63. The second-order valence-electron chi connectivity index (χ2n) is 7.47. The number of hydrogen-bond acceptors (Lipinski definition) is 3. The molecule has 0 spiro atoms. The second-order valence-corrected chi connectivity index (χ2v) is 7.47. The molecule has 4 aliphatic carbocycles. The van der Waals surface area contributed by atoms with E-state index >= 15 is 0 Å². The van der Waals surface area contributed by atoms with Crippen LogP contribution in [0.5, 0.6) is 0 Å². The highest BCUT2D eigenvalue weighted by atomic mass is 19.1. The van der Waals surface area contributed by atoms with E-state index < -0.39 is 11.7 Å². The van der Waals surface area contributed by atoms with Crippen LogP contribution in [0.4, 0.5) is 10.1 Å². The lowest BCUT2D eigenvalue weighted by molar-refractivity contribution is -0.142. The van der Waals surface area contributed by atoms with E-state index in [1.807, 2.05) is 0 Å². The molecule has 6 rings (SSSR count). The van der Waals surface area contributed by atoms with Crippen LogP contribution in [0.15, 0.2) is 36.4 Å². The molecule has 6 atom stereocenters. The molecule has 6 heteroatoms. The quantitative estimate of drug-likeness (QED) is 0.674. The summed E-state index contributed by atoms with van der Waals surface area (Å²) in [6, 6.07) is 5.37. The molecule has 3 amide bonds. The number of halogens is 1. The Balaban J connectivity index is 1.32. The van der Waals surface area contributed by atoms with Crippen LogP contribution in [0.1, 0.15) is 6.42 Å². The Hall–Kier alpha value is -2.50. The predicted molar refractivity (Wildman–Crippen MR) is 86.4 cm³/mol. The fourth-order valence-electron chi connectivity index (χ4n) is 5.05. The molecule has 128 valence electrons. The van der Waals surface area contributed by atoms with Crippen molar-refractivity contribution in [2.24, 2.45) is 35.5 Å². The van der Waals surface area contributed by atoms with Crippen molar-refractivity contribution >= 4 is 23.4 Å². The zero-order valence-electron chi connectivity index (χ0n) is 13.4. The largest absolute Gasteiger partial charge is 0.325 e. The van der Waals surface area contributed by atoms with E-state index in [4.69, 9.17) is 0 Å². The molecule has 0 unspecified atom stereocenters. The minimum Gasteiger partial charge on any atom is -0.325 e. The van der Waals surface area contributed by atoms with Gasteiger partial charge in [0.1, 0.15) is 12.4 Å². The molecule has 5 aliphatic rings. The molecule has 1 aromatic rings. The molecule has 1 saturated heterocycles. The Morgan fingerprint density at radius 1 is 1.04 bits per heavy atom. The smallest absolute Gasteiger partial charge is 0.244 e. The van der Waals surface area contributed by atoms with Gasteiger partial charge in [-0.15, -0.1) is 0 Å². The maximum Gasteiger partial charge on any atom is 0.244 e. The van der Waals surface area contributed by atoms with Crippen molar-refractivity contribution in [1.29, 1.82) is 0 Å². The summed E-state index contributed by atoms with van der Waals surface area (Å²) in [4.78, 5) is 38.9. The van der Waals surface area contributed by atoms with Crippen LogP contribution in [0.25, 0.3) is 0 Å². The van der Waals surface area contributed by atoms with E-state index in [2.05, 4.69) is 17.5 Å². The van der Waals surface area contributed by atoms with Gasteiger partial charge < -0.3 is 5.32 Å². The van der Waals surface area contributed by atoms with Gasteiger partial charge in [0.25, 0.3) is 0 Å². The minimum absolute atomic E-state index is 0.154. The number of hydrogen-bond donors (Lipinski definition) is 1. The molecule has 1 heterocycles. The van der Waals surface area contributed by atoms with Crippen LogP contribution >= 0.6 is 0 Å². The third-order valence-electron chi connectivity index (χ3n) is 6.18. The van der Waals surface area contributed by atoms with Gasteiger partial charge in [0.05, 0.1) is 11.8 Å². The first-order chi connectivity index (χ1) is 12.0. The number of carbonyl (C=O) groups is 3. The van der Waals surface area contributed by atoms with Gasteiger partial charge in [-0.2, -0.15) is 0 Å². The van der Waals surface area contributed by atoms with Crippen molar-refractivity contribution < 1.29 is 18.8 Å². The molecule has 3 fully saturated rings. The summed E-state index contributed by atoms with van der Waals surface area (Å²) < 4.78 is 12.9. The maximum atomic E-state index is 12.9. The van der Waals surface area contributed by atoms with Gasteiger partial charge in [0, 0.05) is 5.69 Å². The van der Waals surface area contributed by atoms with Crippen molar-refractivity contribution in [2.45, 2.75) is 6.42 Å². The van der Waals surface area contributed by atoms with Gasteiger partial charge in [0.15, 0.2) is 0 Å². The van der Waals surface area contributed by atoms with Crippen LogP contribution in [0.3, 0.4) is 0 Å². The highest BCUT2D eigenvalue weighted by Gasteiger charge is 2.67. The monoisotopic (exact) mass is 340 g/mol. The molecule has 1 N–H and O–H groups in total. The highest BCUT2D eigenvalue weighted by Crippen LogP contribution is 2.65. The summed E-state index contributed by atoms with van der Waals surface area (Å²) in [5.41, 5.74) is 0.436. The van der Waals surface area contributed by atoms with E-state index in [9.17, 15) is 18.8 Å². The van der Waals surface area contributed by atoms with E-state index in [0.29, 0.717) is 17.5 Å². The Bertz CT molecular complexity index is 782. The lowest BCUT2D eigenvalue weighted by atomic mass is 9.63. The van der Waals surface area contributed by atoms with Gasteiger partial charge in [0.2, 0.25) is 17.7 Å². The number of rotatable bonds is 3. The normalized spacial score (nSPS) is 37.1. The summed E-state index contributed by atoms with van der Waals surface area (Å²) in [6.07, 6.45) is 5.32. The number of imide groups is 1. The van der Waals surface area contributed by atoms with Gasteiger partial charge in [-0.1, -0.05) is 12.2 Å². The lowest BCUT2D eigenvalue weighted by Crippen LogP contribution is -2.40. The highest BCUT2D eigenvalue weighted by molar-refractivity contribution is 6.09. The van der Waals surface area contributed by atoms with Crippen molar-refractivity contribution in [3.05, 3.63) is 42.2 Å². The molecule has 1 aromatic carbocycles. The van der Waals surface area contributed by atoms with Crippen LogP contribution in [0, 0.1) is 41.3 Å². The molecule has 2 saturated carbocycles. The van der Waals surface area contributed by atoms with E-state index in [1.54, 1.807) is 0 Å². The zero-order chi connectivity index (χ0) is 17.3. The average molecular weight is 340 g/mol. The summed E-state index contributed by atoms with van der Waals surface area (Å²) in [7, 11) is 0. The van der Waals surface area contributed by atoms with Crippen LogP contribution in [-0.4, -0.2) is 29.2 Å². The van der Waals surface area contributed by atoms with E-state index in [0.717, 1.165) is 11.3 Å². The van der Waals surface area contributed by atoms with Gasteiger partial charge >= 0.3 is 0 Å². The number of nitrogens with zero attached hydrogens (tertiary/aromatic N) is 1. The summed E-state index contributed by atoms with van der Waals surface area (Å²) >= 11 is 0. The fraction of sp³-hybridized carbons (Fsp3) is 0.421. The fourth-order valence-corrected chi connectivity index (χ4v) is 5.05. The molecule has 0 aromatic heterocycles. The summed E-state index contributed by atoms with van der Waals surface area (Å²) in [5, 5.41) is 2.61. The van der Waals surface area contributed by atoms with E-state index in [-0.39, 0.29) is 42.0 Å². The first kappa shape index (κ1) is 14.8. The predicted octanol–water partition coefficient (Wildman–Crippen LogP) is 1.82. The molecule has 2 bridgehead atoms. The molecule has 5 nitrogen and oxygen atoms in total. The van der Waals surface area contributed by atoms with Gasteiger partial charge in [-0.25, -0.2) is 4.39 Å². The van der Waals surface area contributed by atoms with Crippen LogP contribution in [0.2, 0.25) is 0 Å². The number of carbonyl (C=O) groups excluding carboxylic acids is 3. The van der Waals surface area contributed by atoms with Gasteiger partial charge in [-0.3, -0.25) is 19.3 Å². The minimum atomic E-state index is -0.447. The standard InChI is InChI=1S/C19H17FN2O3/c20-9-1-3-10(4-2-9)21-15(23)8-22-18(24)16-11-5-6-12(14-7-13(11)14)17(16)19(22)25/h1-6,11-14,16-17H,7-8H2,(H,21,23)/t11-,12-,13-,14+,16+,17+/m0/s1. The zero-order valence-corrected chi connectivity index (χ0v) is 13.4. The number of nitrogens with one attached hydrogen (secondary N) is 1. The molecular weight excluding hydrogens is 323 g/mol. The third-order valence-corrected chi connectivity index (χ3v) is 6.18. The summed E-state index contributed by atoms with van der Waals surface area (Å²) in [6.45, 7) is -0.281. The molecule has 25 heavy (non-hydrogen) atoms. The second kappa shape index (κ2) is 5.00. The third kappa shape index (κ3) is 2.09. The Labute approximate surface area is 143 Å². The van der Waals surface area contributed by atoms with Crippen molar-refractivity contribution in [3.63, 3.8) is 0 Å². The number of benzene rings is 1. The molecule has 1 aliphatic heterocycles. The van der Waals surface area contributed by atoms with Crippen molar-refractivity contribution in [3.8, 4) is 0 Å². The summed E-state index contributed by atoms with van der Waals surface area (Å²) in [5.74, 6) is -0.450.